The first kappa shape index (κ1) is 21.7. The molecule has 1 aromatic heterocycles. The third-order valence-electron chi connectivity index (χ3n) is 5.91. The summed E-state index contributed by atoms with van der Waals surface area (Å²) in [7, 11) is -3.68. The molecule has 0 spiro atoms. The van der Waals surface area contributed by atoms with Crippen LogP contribution in [0.4, 0.5) is 4.39 Å². The molecule has 1 fully saturated rings. The number of benzene rings is 2. The quantitative estimate of drug-likeness (QED) is 0.577. The molecule has 0 amide bonds. The number of hydrogen-bond donors (Lipinski definition) is 0. The maximum Gasteiger partial charge on any atom is 0.336 e. The van der Waals surface area contributed by atoms with E-state index in [-0.39, 0.29) is 10.5 Å². The Morgan fingerprint density at radius 3 is 2.48 bits per heavy atom. The van der Waals surface area contributed by atoms with E-state index >= 15 is 0 Å². The highest BCUT2D eigenvalue weighted by Crippen LogP contribution is 2.25. The van der Waals surface area contributed by atoms with Crippen LogP contribution in [0.3, 0.4) is 0 Å². The maximum absolute atomic E-state index is 13.2. The summed E-state index contributed by atoms with van der Waals surface area (Å²) in [6.45, 7) is 6.42. The zero-order valence-electron chi connectivity index (χ0n) is 17.6. The second-order valence-corrected chi connectivity index (χ2v) is 9.90. The average molecular weight is 445 g/mol. The lowest BCUT2D eigenvalue weighted by Crippen LogP contribution is -2.35. The fourth-order valence-electron chi connectivity index (χ4n) is 4.00. The molecule has 0 atom stereocenters. The van der Waals surface area contributed by atoms with Gasteiger partial charge in [-0.05, 0) is 67.8 Å². The number of hydrogen-bond acceptors (Lipinski definition) is 5. The van der Waals surface area contributed by atoms with Crippen molar-refractivity contribution in [2.45, 2.75) is 31.7 Å². The van der Waals surface area contributed by atoms with Crippen molar-refractivity contribution in [1.29, 1.82) is 0 Å². The van der Waals surface area contributed by atoms with Crippen LogP contribution < -0.4 is 5.63 Å². The van der Waals surface area contributed by atoms with Gasteiger partial charge in [-0.15, -0.1) is 0 Å². The van der Waals surface area contributed by atoms with E-state index in [4.69, 9.17) is 4.42 Å². The Hall–Kier alpha value is -2.55. The molecule has 31 heavy (non-hydrogen) atoms. The van der Waals surface area contributed by atoms with Gasteiger partial charge in [-0.2, -0.15) is 4.31 Å². The molecule has 0 bridgehead atoms. The van der Waals surface area contributed by atoms with Gasteiger partial charge in [0.1, 0.15) is 11.4 Å². The molecule has 0 saturated carbocycles. The molecule has 2 aromatic carbocycles. The Morgan fingerprint density at radius 1 is 1.00 bits per heavy atom. The van der Waals surface area contributed by atoms with Gasteiger partial charge in [-0.3, -0.25) is 4.90 Å². The van der Waals surface area contributed by atoms with Crippen molar-refractivity contribution in [2.75, 3.05) is 26.2 Å². The molecule has 0 aliphatic carbocycles. The minimum atomic E-state index is -3.68. The molecular weight excluding hydrogens is 419 g/mol. The molecule has 2 heterocycles. The standard InChI is InChI=1S/C23H25FN2O4S/c1-16-4-9-21-18(14-22(27)30-23(21)17(16)2)15-25-10-3-11-26(13-12-25)31(28,29)20-7-5-19(24)6-8-20/h4-9,14H,3,10-13,15H2,1-2H3. The van der Waals surface area contributed by atoms with Crippen molar-refractivity contribution in [2.24, 2.45) is 0 Å². The highest BCUT2D eigenvalue weighted by molar-refractivity contribution is 7.89. The van der Waals surface area contributed by atoms with Gasteiger partial charge in [0, 0.05) is 37.6 Å². The summed E-state index contributed by atoms with van der Waals surface area (Å²) in [5.74, 6) is -0.467. The van der Waals surface area contributed by atoms with Gasteiger partial charge in [0.25, 0.3) is 0 Å². The van der Waals surface area contributed by atoms with Crippen LogP contribution in [-0.4, -0.2) is 43.8 Å². The van der Waals surface area contributed by atoms with Gasteiger partial charge in [-0.25, -0.2) is 17.6 Å². The van der Waals surface area contributed by atoms with E-state index in [2.05, 4.69) is 4.90 Å². The monoisotopic (exact) mass is 444 g/mol. The van der Waals surface area contributed by atoms with Crippen molar-refractivity contribution < 1.29 is 17.2 Å². The van der Waals surface area contributed by atoms with Crippen molar-refractivity contribution in [1.82, 2.24) is 9.21 Å². The van der Waals surface area contributed by atoms with Crippen molar-refractivity contribution in [3.05, 3.63) is 75.4 Å². The summed E-state index contributed by atoms with van der Waals surface area (Å²) in [6.07, 6.45) is 0.665. The molecule has 3 aromatic rings. The van der Waals surface area contributed by atoms with E-state index < -0.39 is 15.8 Å². The summed E-state index contributed by atoms with van der Waals surface area (Å²) in [4.78, 5) is 14.4. The fraction of sp³-hybridized carbons (Fsp3) is 0.348. The summed E-state index contributed by atoms with van der Waals surface area (Å²) < 4.78 is 46.0. The first-order chi connectivity index (χ1) is 14.8. The van der Waals surface area contributed by atoms with Crippen molar-refractivity contribution in [3.8, 4) is 0 Å². The predicted octanol–water partition coefficient (Wildman–Crippen LogP) is 3.45. The Labute approximate surface area is 180 Å². The van der Waals surface area contributed by atoms with E-state index in [0.717, 1.165) is 34.2 Å². The lowest BCUT2D eigenvalue weighted by molar-refractivity contribution is 0.279. The van der Waals surface area contributed by atoms with E-state index in [1.165, 1.54) is 22.5 Å². The smallest absolute Gasteiger partial charge is 0.336 e. The van der Waals surface area contributed by atoms with Gasteiger partial charge < -0.3 is 4.42 Å². The van der Waals surface area contributed by atoms with Crippen LogP contribution in [0.25, 0.3) is 11.0 Å². The number of halogens is 1. The largest absolute Gasteiger partial charge is 0.422 e. The van der Waals surface area contributed by atoms with Crippen LogP contribution in [0.15, 0.2) is 56.6 Å². The molecule has 0 radical (unpaired) electrons. The highest BCUT2D eigenvalue weighted by Gasteiger charge is 2.27. The molecule has 6 nitrogen and oxygen atoms in total. The van der Waals surface area contributed by atoms with Crippen LogP contribution >= 0.6 is 0 Å². The number of aryl methyl sites for hydroxylation is 2. The molecule has 8 heteroatoms. The van der Waals surface area contributed by atoms with Gasteiger partial charge in [0.05, 0.1) is 4.90 Å². The number of nitrogens with zero attached hydrogens (tertiary/aromatic N) is 2. The number of rotatable bonds is 4. The van der Waals surface area contributed by atoms with E-state index in [1.807, 2.05) is 26.0 Å². The normalized spacial score (nSPS) is 16.5. The minimum Gasteiger partial charge on any atom is -0.422 e. The Morgan fingerprint density at radius 2 is 1.74 bits per heavy atom. The Balaban J connectivity index is 1.54. The molecule has 1 aliphatic rings. The van der Waals surface area contributed by atoms with Crippen LogP contribution in [0.1, 0.15) is 23.1 Å². The second-order valence-electron chi connectivity index (χ2n) is 7.96. The van der Waals surface area contributed by atoms with Crippen LogP contribution in [0.2, 0.25) is 0 Å². The topological polar surface area (TPSA) is 70.8 Å². The third kappa shape index (κ3) is 4.42. The van der Waals surface area contributed by atoms with Gasteiger partial charge in [0.2, 0.25) is 10.0 Å². The molecular formula is C23H25FN2O4S. The summed E-state index contributed by atoms with van der Waals surface area (Å²) in [5, 5.41) is 0.905. The SMILES string of the molecule is Cc1ccc2c(CN3CCCN(S(=O)(=O)c4ccc(F)cc4)CC3)cc(=O)oc2c1C. The predicted molar refractivity (Wildman–Crippen MR) is 117 cm³/mol. The lowest BCUT2D eigenvalue weighted by Gasteiger charge is -2.22. The van der Waals surface area contributed by atoms with Crippen molar-refractivity contribution >= 4 is 21.0 Å². The Bertz CT molecular complexity index is 1270. The number of sulfonamides is 1. The summed E-state index contributed by atoms with van der Waals surface area (Å²) >= 11 is 0. The average Bonchev–Trinajstić information content (AvgIpc) is 2.97. The lowest BCUT2D eigenvalue weighted by atomic mass is 10.0. The molecule has 164 valence electrons. The van der Waals surface area contributed by atoms with Crippen LogP contribution in [0, 0.1) is 19.7 Å². The minimum absolute atomic E-state index is 0.0971. The van der Waals surface area contributed by atoms with Gasteiger partial charge in [0.15, 0.2) is 0 Å². The van der Waals surface area contributed by atoms with E-state index in [1.54, 1.807) is 0 Å². The molecule has 1 aliphatic heterocycles. The van der Waals surface area contributed by atoms with Gasteiger partial charge >= 0.3 is 5.63 Å². The molecule has 0 unspecified atom stereocenters. The summed E-state index contributed by atoms with van der Waals surface area (Å²) in [6, 6.07) is 10.4. The highest BCUT2D eigenvalue weighted by atomic mass is 32.2. The molecule has 1 saturated heterocycles. The van der Waals surface area contributed by atoms with Crippen LogP contribution in [-0.2, 0) is 16.6 Å². The first-order valence-electron chi connectivity index (χ1n) is 10.3. The molecule has 0 N–H and O–H groups in total. The number of fused-ring (bicyclic) bond motifs is 1. The third-order valence-corrected chi connectivity index (χ3v) is 7.82. The zero-order chi connectivity index (χ0) is 22.2. The van der Waals surface area contributed by atoms with E-state index in [0.29, 0.717) is 44.7 Å². The molecule has 4 rings (SSSR count). The zero-order valence-corrected chi connectivity index (χ0v) is 18.4. The van der Waals surface area contributed by atoms with Crippen LogP contribution in [0.5, 0.6) is 0 Å². The first-order valence-corrected chi connectivity index (χ1v) is 11.7. The Kier molecular flexibility index (Phi) is 5.96. The van der Waals surface area contributed by atoms with E-state index in [9.17, 15) is 17.6 Å². The van der Waals surface area contributed by atoms with Gasteiger partial charge in [-0.1, -0.05) is 12.1 Å². The second kappa shape index (κ2) is 8.53. The fourth-order valence-corrected chi connectivity index (χ4v) is 5.47. The maximum atomic E-state index is 13.2. The summed E-state index contributed by atoms with van der Waals surface area (Å²) in [5.41, 5.74) is 3.11. The van der Waals surface area contributed by atoms with Crippen molar-refractivity contribution in [3.63, 3.8) is 0 Å².